The fraction of sp³-hybridized carbons (Fsp3) is 0.179. The van der Waals surface area contributed by atoms with Crippen LogP contribution in [0, 0.1) is 6.92 Å². The first-order chi connectivity index (χ1) is 15.5. The molecule has 0 saturated carbocycles. The lowest BCUT2D eigenvalue weighted by Crippen LogP contribution is -2.17. The minimum atomic E-state index is 0.845. The molecular weight excluding hydrogens is 392 g/mol. The smallest absolute Gasteiger partial charge is 0.103 e. The maximum absolute atomic E-state index is 5.00. The van der Waals surface area contributed by atoms with E-state index in [0.29, 0.717) is 0 Å². The van der Waals surface area contributed by atoms with E-state index in [2.05, 4.69) is 105 Å². The highest BCUT2D eigenvalue weighted by Crippen LogP contribution is 2.37. The third kappa shape index (κ3) is 3.80. The lowest BCUT2D eigenvalue weighted by atomic mass is 9.99. The number of benzene rings is 2. The van der Waals surface area contributed by atoms with E-state index in [-0.39, 0.29) is 0 Å². The molecule has 1 N–H and O–H groups in total. The Bertz CT molecular complexity index is 1300. The monoisotopic (exact) mass is 422 g/mol. The zero-order chi connectivity index (χ0) is 22.8. The lowest BCUT2D eigenvalue weighted by molar-refractivity contribution is 0.922. The number of nitrogens with zero attached hydrogens (tertiary/aromatic N) is 3. The van der Waals surface area contributed by atoms with Crippen LogP contribution in [0.15, 0.2) is 74.0 Å². The first kappa shape index (κ1) is 21.4. The number of hydrogen-bond acceptors (Lipinski definition) is 3. The van der Waals surface area contributed by atoms with Crippen molar-refractivity contribution in [3.8, 4) is 22.4 Å². The second-order valence-corrected chi connectivity index (χ2v) is 8.06. The molecule has 0 radical (unpaired) electrons. The van der Waals surface area contributed by atoms with Crippen molar-refractivity contribution < 1.29 is 0 Å². The Kier molecular flexibility index (Phi) is 5.87. The van der Waals surface area contributed by atoms with E-state index in [9.17, 15) is 0 Å². The Balaban J connectivity index is 2.04. The van der Waals surface area contributed by atoms with Crippen molar-refractivity contribution >= 4 is 23.0 Å². The van der Waals surface area contributed by atoms with E-state index in [0.717, 1.165) is 57.0 Å². The van der Waals surface area contributed by atoms with Crippen LogP contribution in [0.2, 0.25) is 0 Å². The summed E-state index contributed by atoms with van der Waals surface area (Å²) in [5.41, 5.74) is 10.6. The van der Waals surface area contributed by atoms with Crippen LogP contribution in [0.5, 0.6) is 0 Å². The molecule has 0 aliphatic heterocycles. The fourth-order valence-electron chi connectivity index (χ4n) is 3.96. The van der Waals surface area contributed by atoms with Crippen LogP contribution in [-0.4, -0.2) is 30.3 Å². The minimum Gasteiger partial charge on any atom is -0.388 e. The fourth-order valence-corrected chi connectivity index (χ4v) is 3.96. The molecule has 4 aromatic rings. The summed E-state index contributed by atoms with van der Waals surface area (Å²) in [7, 11) is 4.01. The summed E-state index contributed by atoms with van der Waals surface area (Å²) in [6.07, 6.45) is 4.01. The predicted octanol–water partition coefficient (Wildman–Crippen LogP) is 6.27. The van der Waals surface area contributed by atoms with Crippen molar-refractivity contribution in [2.75, 3.05) is 25.5 Å². The molecule has 2 aromatic carbocycles. The average Bonchev–Trinajstić information content (AvgIpc) is 3.21. The van der Waals surface area contributed by atoms with Crippen molar-refractivity contribution in [1.82, 2.24) is 14.9 Å². The normalized spacial score (nSPS) is 10.9. The summed E-state index contributed by atoms with van der Waals surface area (Å²) in [5, 5.41) is 8.24. The molecule has 32 heavy (non-hydrogen) atoms. The number of fused-ring (bicyclic) bond motifs is 1. The first-order valence-electron chi connectivity index (χ1n) is 10.9. The van der Waals surface area contributed by atoms with Gasteiger partial charge in [-0.1, -0.05) is 67.3 Å². The summed E-state index contributed by atoms with van der Waals surface area (Å²) in [6, 6.07) is 19.2. The maximum Gasteiger partial charge on any atom is 0.103 e. The summed E-state index contributed by atoms with van der Waals surface area (Å²) in [5.74, 6) is 0. The van der Waals surface area contributed by atoms with Crippen molar-refractivity contribution in [3.63, 3.8) is 0 Å². The van der Waals surface area contributed by atoms with Crippen LogP contribution in [0.25, 0.3) is 39.7 Å². The molecule has 4 heteroatoms. The van der Waals surface area contributed by atoms with Crippen LogP contribution in [0.4, 0.5) is 5.69 Å². The molecule has 0 amide bonds. The van der Waals surface area contributed by atoms with E-state index < -0.39 is 0 Å². The Hall–Kier alpha value is -3.79. The number of pyridine rings is 1. The van der Waals surface area contributed by atoms with Crippen LogP contribution >= 0.6 is 0 Å². The topological polar surface area (TPSA) is 32.6 Å². The second kappa shape index (κ2) is 8.75. The van der Waals surface area contributed by atoms with Gasteiger partial charge >= 0.3 is 0 Å². The molecule has 0 unspecified atom stereocenters. The summed E-state index contributed by atoms with van der Waals surface area (Å²) < 4.78 is 1.98. The molecular formula is C28H30N4. The van der Waals surface area contributed by atoms with E-state index in [1.807, 2.05) is 17.6 Å². The molecule has 0 aliphatic rings. The molecule has 0 fully saturated rings. The van der Waals surface area contributed by atoms with Gasteiger partial charge in [0.1, 0.15) is 5.69 Å². The quantitative estimate of drug-likeness (QED) is 0.381. The molecule has 2 heterocycles. The Morgan fingerprint density at radius 3 is 2.53 bits per heavy atom. The third-order valence-electron chi connectivity index (χ3n) is 6.00. The first-order valence-corrected chi connectivity index (χ1v) is 10.9. The van der Waals surface area contributed by atoms with E-state index in [4.69, 9.17) is 5.10 Å². The Morgan fingerprint density at radius 2 is 1.88 bits per heavy atom. The Morgan fingerprint density at radius 1 is 1.12 bits per heavy atom. The van der Waals surface area contributed by atoms with E-state index in [1.54, 1.807) is 0 Å². The van der Waals surface area contributed by atoms with Gasteiger partial charge in [0.05, 0.1) is 23.0 Å². The van der Waals surface area contributed by atoms with Gasteiger partial charge in [0, 0.05) is 37.5 Å². The minimum absolute atomic E-state index is 0.845. The number of anilines is 1. The highest BCUT2D eigenvalue weighted by atomic mass is 15.2. The van der Waals surface area contributed by atoms with E-state index in [1.165, 1.54) is 5.56 Å². The average molecular weight is 423 g/mol. The number of rotatable bonds is 7. The van der Waals surface area contributed by atoms with Crippen LogP contribution in [0.3, 0.4) is 0 Å². The van der Waals surface area contributed by atoms with Crippen molar-refractivity contribution in [1.29, 1.82) is 0 Å². The van der Waals surface area contributed by atoms with Crippen molar-refractivity contribution in [2.45, 2.75) is 13.8 Å². The molecule has 4 rings (SSSR count). The lowest BCUT2D eigenvalue weighted by Gasteiger charge is -2.21. The van der Waals surface area contributed by atoms with Gasteiger partial charge in [-0.2, -0.15) is 5.10 Å². The van der Waals surface area contributed by atoms with Gasteiger partial charge < -0.3 is 10.2 Å². The van der Waals surface area contributed by atoms with Crippen LogP contribution in [0.1, 0.15) is 23.6 Å². The zero-order valence-electron chi connectivity index (χ0n) is 19.3. The highest BCUT2D eigenvalue weighted by Gasteiger charge is 2.20. The number of hydrogen-bond donors (Lipinski definition) is 1. The summed E-state index contributed by atoms with van der Waals surface area (Å²) >= 11 is 0. The van der Waals surface area contributed by atoms with Gasteiger partial charge in [-0.05, 0) is 37.1 Å². The van der Waals surface area contributed by atoms with Gasteiger partial charge in [0.25, 0.3) is 0 Å². The molecule has 0 saturated heterocycles. The highest BCUT2D eigenvalue weighted by molar-refractivity contribution is 5.91. The standard InChI is InChI=1S/C28H30N4/c1-7-21-10-9-11-23(16-21)24-17-25-27(20(4)29-5)28(22-14-12-19(3)13-15-22)30-32(25)18-26(24)31(6)8-2/h7,9-18,29H,1,4,8H2,2-3,5-6H3. The van der Waals surface area contributed by atoms with Gasteiger partial charge in [-0.15, -0.1) is 0 Å². The summed E-state index contributed by atoms with van der Waals surface area (Å²) in [6.45, 7) is 13.4. The van der Waals surface area contributed by atoms with Gasteiger partial charge in [-0.25, -0.2) is 4.52 Å². The van der Waals surface area contributed by atoms with E-state index >= 15 is 0 Å². The molecule has 162 valence electrons. The molecule has 0 aliphatic carbocycles. The van der Waals surface area contributed by atoms with Gasteiger partial charge in [-0.3, -0.25) is 0 Å². The van der Waals surface area contributed by atoms with Gasteiger partial charge in [0.2, 0.25) is 0 Å². The van der Waals surface area contributed by atoms with Crippen LogP contribution < -0.4 is 10.2 Å². The second-order valence-electron chi connectivity index (χ2n) is 8.06. The maximum atomic E-state index is 5.00. The predicted molar refractivity (Wildman–Crippen MR) is 138 cm³/mol. The molecule has 2 aromatic heterocycles. The van der Waals surface area contributed by atoms with Crippen LogP contribution in [-0.2, 0) is 0 Å². The molecule has 0 atom stereocenters. The van der Waals surface area contributed by atoms with Gasteiger partial charge in [0.15, 0.2) is 0 Å². The Labute approximate surface area is 190 Å². The molecule has 0 spiro atoms. The molecule has 4 nitrogen and oxygen atoms in total. The largest absolute Gasteiger partial charge is 0.388 e. The van der Waals surface area contributed by atoms with Crippen molar-refractivity contribution in [2.24, 2.45) is 0 Å². The number of aryl methyl sites for hydroxylation is 1. The molecule has 0 bridgehead atoms. The van der Waals surface area contributed by atoms with Crippen molar-refractivity contribution in [3.05, 3.63) is 90.6 Å². The zero-order valence-corrected chi connectivity index (χ0v) is 19.3. The third-order valence-corrected chi connectivity index (χ3v) is 6.00. The number of nitrogens with one attached hydrogen (secondary N) is 1. The number of aromatic nitrogens is 2. The summed E-state index contributed by atoms with van der Waals surface area (Å²) in [4.78, 5) is 2.25. The SMILES string of the molecule is C=Cc1cccc(-c2cc3c(C(=C)NC)c(-c4ccc(C)cc4)nn3cc2N(C)CC)c1.